The molecule has 1 N–H and O–H groups in total. The molecule has 2 aromatic rings. The predicted molar refractivity (Wildman–Crippen MR) is 51.8 cm³/mol. The van der Waals surface area contributed by atoms with Gasteiger partial charge in [-0.1, -0.05) is 0 Å². The number of nitrogens with zero attached hydrogens (tertiary/aromatic N) is 4. The third kappa shape index (κ3) is 1.97. The molecule has 2 heterocycles. The molecule has 2 rings (SSSR count). The second-order valence-corrected chi connectivity index (χ2v) is 3.63. The number of hydrogen-bond acceptors (Lipinski definition) is 5. The molecular formula is C8H10N4OS. The Kier molecular flexibility index (Phi) is 2.55. The molecule has 14 heavy (non-hydrogen) atoms. The predicted octanol–water partition coefficient (Wildman–Crippen LogP) is 0.548. The number of aryl methyl sites for hydroxylation is 1. The standard InChI is InChI=1S/C8H10N4OS/c1-12-5-6(3-9-12)2-8(13)7-4-10-14-11-7/h3-5,8,13H,2H2,1H3. The Balaban J connectivity index is 2.05. The van der Waals surface area contributed by atoms with Gasteiger partial charge in [-0.15, -0.1) is 0 Å². The van der Waals surface area contributed by atoms with Crippen LogP contribution in [-0.4, -0.2) is 23.6 Å². The summed E-state index contributed by atoms with van der Waals surface area (Å²) >= 11 is 1.10. The summed E-state index contributed by atoms with van der Waals surface area (Å²) in [7, 11) is 1.85. The molecule has 0 saturated heterocycles. The third-order valence-electron chi connectivity index (χ3n) is 1.91. The van der Waals surface area contributed by atoms with Gasteiger partial charge in [0, 0.05) is 19.7 Å². The van der Waals surface area contributed by atoms with Crippen LogP contribution in [-0.2, 0) is 13.5 Å². The minimum Gasteiger partial charge on any atom is -0.386 e. The van der Waals surface area contributed by atoms with Crippen molar-refractivity contribution in [3.63, 3.8) is 0 Å². The van der Waals surface area contributed by atoms with E-state index in [2.05, 4.69) is 13.8 Å². The fourth-order valence-electron chi connectivity index (χ4n) is 1.22. The number of aliphatic hydroxyl groups is 1. The van der Waals surface area contributed by atoms with Crippen LogP contribution in [0, 0.1) is 0 Å². The van der Waals surface area contributed by atoms with Crippen LogP contribution < -0.4 is 0 Å². The number of aliphatic hydroxyl groups excluding tert-OH is 1. The summed E-state index contributed by atoms with van der Waals surface area (Å²) in [4.78, 5) is 0. The molecule has 2 aromatic heterocycles. The Bertz CT molecular complexity index is 397. The van der Waals surface area contributed by atoms with E-state index in [0.29, 0.717) is 12.1 Å². The van der Waals surface area contributed by atoms with Crippen molar-refractivity contribution in [2.75, 3.05) is 0 Å². The van der Waals surface area contributed by atoms with Crippen LogP contribution >= 0.6 is 11.7 Å². The normalized spacial score (nSPS) is 13.0. The maximum absolute atomic E-state index is 9.74. The van der Waals surface area contributed by atoms with Crippen LogP contribution in [0.1, 0.15) is 17.4 Å². The van der Waals surface area contributed by atoms with E-state index in [1.54, 1.807) is 17.1 Å². The zero-order chi connectivity index (χ0) is 9.97. The summed E-state index contributed by atoms with van der Waals surface area (Å²) in [5.74, 6) is 0. The summed E-state index contributed by atoms with van der Waals surface area (Å²) < 4.78 is 9.52. The number of hydrogen-bond donors (Lipinski definition) is 1. The first-order valence-corrected chi connectivity index (χ1v) is 4.92. The molecule has 1 unspecified atom stereocenters. The molecule has 0 spiro atoms. The molecule has 0 aromatic carbocycles. The van der Waals surface area contributed by atoms with Crippen LogP contribution in [0.2, 0.25) is 0 Å². The van der Waals surface area contributed by atoms with Crippen molar-refractivity contribution in [2.24, 2.45) is 7.05 Å². The third-order valence-corrected chi connectivity index (χ3v) is 2.40. The Labute approximate surface area is 85.3 Å². The van der Waals surface area contributed by atoms with Crippen LogP contribution in [0.15, 0.2) is 18.6 Å². The van der Waals surface area contributed by atoms with Crippen LogP contribution in [0.25, 0.3) is 0 Å². The Morgan fingerprint density at radius 1 is 1.57 bits per heavy atom. The lowest BCUT2D eigenvalue weighted by atomic mass is 10.1. The number of aromatic nitrogens is 4. The number of rotatable bonds is 3. The molecule has 1 atom stereocenters. The molecule has 0 radical (unpaired) electrons. The lowest BCUT2D eigenvalue weighted by Gasteiger charge is -2.03. The maximum atomic E-state index is 9.74. The molecule has 0 saturated carbocycles. The maximum Gasteiger partial charge on any atom is 0.103 e. The fraction of sp³-hybridized carbons (Fsp3) is 0.375. The van der Waals surface area contributed by atoms with Gasteiger partial charge in [-0.05, 0) is 5.56 Å². The van der Waals surface area contributed by atoms with E-state index in [1.165, 1.54) is 0 Å². The molecule has 0 bridgehead atoms. The Morgan fingerprint density at radius 2 is 2.43 bits per heavy atom. The van der Waals surface area contributed by atoms with Crippen LogP contribution in [0.3, 0.4) is 0 Å². The average molecular weight is 210 g/mol. The summed E-state index contributed by atoms with van der Waals surface area (Å²) in [6.07, 6.45) is 5.15. The SMILES string of the molecule is Cn1cc(CC(O)c2cnsn2)cn1. The zero-order valence-corrected chi connectivity index (χ0v) is 8.48. The van der Waals surface area contributed by atoms with Crippen LogP contribution in [0.5, 0.6) is 0 Å². The Hall–Kier alpha value is -1.27. The monoisotopic (exact) mass is 210 g/mol. The van der Waals surface area contributed by atoms with E-state index in [4.69, 9.17) is 0 Å². The van der Waals surface area contributed by atoms with E-state index in [0.717, 1.165) is 17.3 Å². The summed E-state index contributed by atoms with van der Waals surface area (Å²) in [5.41, 5.74) is 1.62. The van der Waals surface area contributed by atoms with Gasteiger partial charge in [0.15, 0.2) is 0 Å². The highest BCUT2D eigenvalue weighted by Crippen LogP contribution is 2.15. The molecule has 74 valence electrons. The second-order valence-electron chi connectivity index (χ2n) is 3.07. The highest BCUT2D eigenvalue weighted by molar-refractivity contribution is 6.99. The van der Waals surface area contributed by atoms with Gasteiger partial charge in [-0.3, -0.25) is 4.68 Å². The van der Waals surface area contributed by atoms with Gasteiger partial charge in [-0.25, -0.2) is 0 Å². The van der Waals surface area contributed by atoms with Gasteiger partial charge < -0.3 is 5.11 Å². The van der Waals surface area contributed by atoms with E-state index in [9.17, 15) is 5.11 Å². The van der Waals surface area contributed by atoms with Crippen LogP contribution in [0.4, 0.5) is 0 Å². The van der Waals surface area contributed by atoms with Gasteiger partial charge in [0.05, 0.1) is 24.1 Å². The largest absolute Gasteiger partial charge is 0.386 e. The molecule has 0 fully saturated rings. The van der Waals surface area contributed by atoms with Crippen molar-refractivity contribution in [1.82, 2.24) is 18.5 Å². The van der Waals surface area contributed by atoms with E-state index >= 15 is 0 Å². The molecular weight excluding hydrogens is 200 g/mol. The van der Waals surface area contributed by atoms with Crippen molar-refractivity contribution in [2.45, 2.75) is 12.5 Å². The zero-order valence-electron chi connectivity index (χ0n) is 7.66. The van der Waals surface area contributed by atoms with Gasteiger partial charge in [0.1, 0.15) is 11.8 Å². The smallest absolute Gasteiger partial charge is 0.103 e. The molecule has 0 aliphatic heterocycles. The van der Waals surface area contributed by atoms with Gasteiger partial charge in [0.2, 0.25) is 0 Å². The molecule has 5 nitrogen and oxygen atoms in total. The first-order valence-electron chi connectivity index (χ1n) is 4.19. The van der Waals surface area contributed by atoms with Gasteiger partial charge in [-0.2, -0.15) is 13.8 Å². The fourth-order valence-corrected chi connectivity index (χ4v) is 1.69. The van der Waals surface area contributed by atoms with E-state index in [-0.39, 0.29) is 0 Å². The van der Waals surface area contributed by atoms with E-state index in [1.807, 2.05) is 13.2 Å². The van der Waals surface area contributed by atoms with Crippen molar-refractivity contribution in [1.29, 1.82) is 0 Å². The molecule has 0 aliphatic carbocycles. The minimum absolute atomic E-state index is 0.527. The van der Waals surface area contributed by atoms with E-state index < -0.39 is 6.10 Å². The van der Waals surface area contributed by atoms with Gasteiger partial charge >= 0.3 is 0 Å². The molecule has 6 heteroatoms. The molecule has 0 amide bonds. The highest BCUT2D eigenvalue weighted by Gasteiger charge is 2.11. The Morgan fingerprint density at radius 3 is 3.00 bits per heavy atom. The summed E-state index contributed by atoms with van der Waals surface area (Å²) in [6, 6.07) is 0. The highest BCUT2D eigenvalue weighted by atomic mass is 32.1. The van der Waals surface area contributed by atoms with Crippen molar-refractivity contribution in [3.05, 3.63) is 29.8 Å². The topological polar surface area (TPSA) is 63.8 Å². The lowest BCUT2D eigenvalue weighted by molar-refractivity contribution is 0.174. The average Bonchev–Trinajstić information content (AvgIpc) is 2.75. The second kappa shape index (κ2) is 3.85. The lowest BCUT2D eigenvalue weighted by Crippen LogP contribution is -2.01. The van der Waals surface area contributed by atoms with Gasteiger partial charge in [0.25, 0.3) is 0 Å². The van der Waals surface area contributed by atoms with Crippen molar-refractivity contribution >= 4 is 11.7 Å². The van der Waals surface area contributed by atoms with Crippen molar-refractivity contribution in [3.8, 4) is 0 Å². The molecule has 0 aliphatic rings. The van der Waals surface area contributed by atoms with Crippen molar-refractivity contribution < 1.29 is 5.11 Å². The first kappa shape index (κ1) is 9.29. The quantitative estimate of drug-likeness (QED) is 0.803. The first-order chi connectivity index (χ1) is 6.75. The summed E-state index contributed by atoms with van der Waals surface area (Å²) in [6.45, 7) is 0. The summed E-state index contributed by atoms with van der Waals surface area (Å²) in [5, 5.41) is 13.8. The minimum atomic E-state index is -0.585.